The summed E-state index contributed by atoms with van der Waals surface area (Å²) in [5.41, 5.74) is 2.98. The first-order valence-electron chi connectivity index (χ1n) is 9.94. The fourth-order valence-corrected chi connectivity index (χ4v) is 3.00. The van der Waals surface area contributed by atoms with E-state index in [4.69, 9.17) is 4.99 Å². The van der Waals surface area contributed by atoms with Gasteiger partial charge in [0.2, 0.25) is 0 Å². The molecule has 0 saturated heterocycles. The molecule has 24 heavy (non-hydrogen) atoms. The number of nitrogens with zero attached hydrogens (tertiary/aromatic N) is 3. The molecule has 3 nitrogen and oxygen atoms in total. The third kappa shape index (κ3) is 10.9. The van der Waals surface area contributed by atoms with Gasteiger partial charge < -0.3 is 4.90 Å². The first kappa shape index (κ1) is 23.2. The van der Waals surface area contributed by atoms with Crippen LogP contribution in [-0.2, 0) is 0 Å². The molecule has 0 bridgehead atoms. The van der Waals surface area contributed by atoms with Gasteiger partial charge in [-0.15, -0.1) is 0 Å². The van der Waals surface area contributed by atoms with Crippen molar-refractivity contribution in [3.63, 3.8) is 0 Å². The molecule has 0 aliphatic heterocycles. The summed E-state index contributed by atoms with van der Waals surface area (Å²) in [5, 5.41) is 0. The average molecular weight is 338 g/mol. The minimum Gasteiger partial charge on any atom is -0.375 e. The van der Waals surface area contributed by atoms with E-state index in [2.05, 4.69) is 71.4 Å². The molecule has 0 aromatic rings. The van der Waals surface area contributed by atoms with Crippen LogP contribution in [0, 0.1) is 5.41 Å². The van der Waals surface area contributed by atoms with E-state index < -0.39 is 0 Å². The van der Waals surface area contributed by atoms with E-state index in [0.717, 1.165) is 32.6 Å². The molecule has 142 valence electrons. The summed E-state index contributed by atoms with van der Waals surface area (Å²) in [6, 6.07) is 0. The third-order valence-electron chi connectivity index (χ3n) is 4.14. The summed E-state index contributed by atoms with van der Waals surface area (Å²) < 4.78 is 0. The van der Waals surface area contributed by atoms with Crippen LogP contribution in [0.1, 0.15) is 80.6 Å². The Bertz CT molecular complexity index is 377. The van der Waals surface area contributed by atoms with Crippen LogP contribution in [0.15, 0.2) is 16.8 Å². The second-order valence-electron chi connectivity index (χ2n) is 8.00. The minimum absolute atomic E-state index is 0.319. The molecule has 0 saturated carbocycles. The van der Waals surface area contributed by atoms with Crippen LogP contribution in [0.2, 0.25) is 0 Å². The van der Waals surface area contributed by atoms with Crippen LogP contribution in [-0.4, -0.2) is 48.9 Å². The van der Waals surface area contributed by atoms with Crippen molar-refractivity contribution in [2.75, 3.05) is 33.4 Å². The lowest BCUT2D eigenvalue weighted by atomic mass is 9.96. The first-order valence-corrected chi connectivity index (χ1v) is 9.94. The fourth-order valence-electron chi connectivity index (χ4n) is 3.00. The van der Waals surface area contributed by atoms with Crippen LogP contribution in [0.4, 0.5) is 0 Å². The highest BCUT2D eigenvalue weighted by Gasteiger charge is 2.13. The van der Waals surface area contributed by atoms with E-state index in [1.807, 2.05) is 0 Å². The zero-order valence-corrected chi connectivity index (χ0v) is 17.8. The van der Waals surface area contributed by atoms with Crippen molar-refractivity contribution >= 4 is 5.71 Å². The quantitative estimate of drug-likeness (QED) is 0.342. The van der Waals surface area contributed by atoms with Gasteiger partial charge in [0, 0.05) is 31.0 Å². The Balaban J connectivity index is 4.90. The predicted octanol–water partition coefficient (Wildman–Crippen LogP) is 5.58. The van der Waals surface area contributed by atoms with E-state index in [1.165, 1.54) is 37.2 Å². The van der Waals surface area contributed by atoms with Crippen LogP contribution < -0.4 is 0 Å². The number of aliphatic imine (C=N–C) groups is 1. The molecular formula is C21H43N3. The average Bonchev–Trinajstić information content (AvgIpc) is 2.51. The van der Waals surface area contributed by atoms with E-state index in [1.54, 1.807) is 0 Å². The van der Waals surface area contributed by atoms with E-state index in [9.17, 15) is 0 Å². The predicted molar refractivity (Wildman–Crippen MR) is 110 cm³/mol. The van der Waals surface area contributed by atoms with Gasteiger partial charge in [0.05, 0.1) is 6.67 Å². The Morgan fingerprint density at radius 1 is 1.00 bits per heavy atom. The van der Waals surface area contributed by atoms with Gasteiger partial charge in [-0.05, 0) is 44.7 Å². The minimum atomic E-state index is 0.319. The third-order valence-corrected chi connectivity index (χ3v) is 4.14. The Labute approximate surface area is 152 Å². The Hall–Kier alpha value is -0.830. The van der Waals surface area contributed by atoms with E-state index in [-0.39, 0.29) is 0 Å². The number of allylic oxidation sites excluding steroid dienone is 2. The molecule has 0 N–H and O–H groups in total. The second-order valence-corrected chi connectivity index (χ2v) is 8.00. The van der Waals surface area contributed by atoms with Crippen molar-refractivity contribution in [1.29, 1.82) is 0 Å². The molecule has 0 spiro atoms. The van der Waals surface area contributed by atoms with Crippen LogP contribution in [0.5, 0.6) is 0 Å². The van der Waals surface area contributed by atoms with Gasteiger partial charge in [0.1, 0.15) is 0 Å². The van der Waals surface area contributed by atoms with E-state index >= 15 is 0 Å². The molecule has 0 radical (unpaired) electrons. The monoisotopic (exact) mass is 337 g/mol. The van der Waals surface area contributed by atoms with Crippen molar-refractivity contribution in [2.24, 2.45) is 10.4 Å². The molecule has 0 aromatic heterocycles. The molecule has 0 heterocycles. The molecular weight excluding hydrogens is 294 g/mol. The maximum absolute atomic E-state index is 4.87. The number of rotatable bonds is 12. The highest BCUT2D eigenvalue weighted by atomic mass is 15.2. The number of hydrogen-bond acceptors (Lipinski definition) is 3. The topological polar surface area (TPSA) is 18.8 Å². The lowest BCUT2D eigenvalue weighted by molar-refractivity contribution is 0.232. The Morgan fingerprint density at radius 3 is 2.12 bits per heavy atom. The molecule has 0 unspecified atom stereocenters. The van der Waals surface area contributed by atoms with Crippen LogP contribution in [0.3, 0.4) is 0 Å². The SMILES string of the molecule is CCCCCN(CC)/C(=C/C(CC)=N\CN(C)CC(C)(C)C)CC. The second kappa shape index (κ2) is 12.5. The Kier molecular flexibility index (Phi) is 12.1. The van der Waals surface area contributed by atoms with Crippen molar-refractivity contribution in [1.82, 2.24) is 9.80 Å². The lowest BCUT2D eigenvalue weighted by Crippen LogP contribution is -2.29. The van der Waals surface area contributed by atoms with Gasteiger partial charge in [0.25, 0.3) is 0 Å². The molecule has 0 aromatic carbocycles. The summed E-state index contributed by atoms with van der Waals surface area (Å²) in [4.78, 5) is 9.71. The summed E-state index contributed by atoms with van der Waals surface area (Å²) in [7, 11) is 2.16. The van der Waals surface area contributed by atoms with Crippen molar-refractivity contribution in [3.05, 3.63) is 11.8 Å². The highest BCUT2D eigenvalue weighted by molar-refractivity contribution is 5.95. The largest absolute Gasteiger partial charge is 0.375 e. The van der Waals surface area contributed by atoms with Crippen molar-refractivity contribution in [2.45, 2.75) is 80.6 Å². The van der Waals surface area contributed by atoms with Gasteiger partial charge in [-0.3, -0.25) is 9.89 Å². The zero-order valence-electron chi connectivity index (χ0n) is 17.8. The lowest BCUT2D eigenvalue weighted by Gasteiger charge is -2.26. The van der Waals surface area contributed by atoms with Gasteiger partial charge >= 0.3 is 0 Å². The maximum atomic E-state index is 4.87. The van der Waals surface area contributed by atoms with Crippen molar-refractivity contribution < 1.29 is 0 Å². The smallest absolute Gasteiger partial charge is 0.0910 e. The maximum Gasteiger partial charge on any atom is 0.0910 e. The van der Waals surface area contributed by atoms with Crippen LogP contribution in [0.25, 0.3) is 0 Å². The first-order chi connectivity index (χ1) is 11.3. The van der Waals surface area contributed by atoms with Gasteiger partial charge in [0.15, 0.2) is 0 Å². The normalized spacial score (nSPS) is 13.7. The zero-order chi connectivity index (χ0) is 18.6. The van der Waals surface area contributed by atoms with E-state index in [0.29, 0.717) is 5.41 Å². The molecule has 0 amide bonds. The Morgan fingerprint density at radius 2 is 1.67 bits per heavy atom. The molecule has 0 aliphatic carbocycles. The molecule has 0 rings (SSSR count). The van der Waals surface area contributed by atoms with Gasteiger partial charge in [-0.1, -0.05) is 54.4 Å². The fraction of sp³-hybridized carbons (Fsp3) is 0.857. The summed E-state index contributed by atoms with van der Waals surface area (Å²) in [6.07, 6.45) is 8.30. The molecule has 3 heteroatoms. The standard InChI is InChI=1S/C21H43N3/c1-9-13-14-15-24(12-4)20(11-3)16-19(10-2)22-18-23(8)17-21(5,6)7/h16H,9-15,17-18H2,1-8H3/b20-16+,22-19-. The summed E-state index contributed by atoms with van der Waals surface area (Å²) in [6.45, 7) is 19.9. The molecule has 0 aliphatic rings. The summed E-state index contributed by atoms with van der Waals surface area (Å²) in [5.74, 6) is 0. The number of unbranched alkanes of at least 4 members (excludes halogenated alkanes) is 2. The van der Waals surface area contributed by atoms with Crippen molar-refractivity contribution in [3.8, 4) is 0 Å². The van der Waals surface area contributed by atoms with Crippen LogP contribution >= 0.6 is 0 Å². The summed E-state index contributed by atoms with van der Waals surface area (Å²) >= 11 is 0. The highest BCUT2D eigenvalue weighted by Crippen LogP contribution is 2.15. The molecule has 0 fully saturated rings. The van der Waals surface area contributed by atoms with Gasteiger partial charge in [-0.2, -0.15) is 0 Å². The van der Waals surface area contributed by atoms with Gasteiger partial charge in [-0.25, -0.2) is 0 Å². The number of hydrogen-bond donors (Lipinski definition) is 0. The molecule has 0 atom stereocenters.